The maximum absolute atomic E-state index is 13.2. The van der Waals surface area contributed by atoms with Crippen LogP contribution >= 0.6 is 28.1 Å². The molecule has 0 aliphatic heterocycles. The van der Waals surface area contributed by atoms with Crippen LogP contribution in [0.15, 0.2) is 53.0 Å². The molecular weight excluding hydrogens is 387 g/mol. The van der Waals surface area contributed by atoms with Crippen molar-refractivity contribution in [3.05, 3.63) is 64.4 Å². The topological polar surface area (TPSA) is 24.1 Å². The standard InChI is InChI=1S/C19H20BrFN2S/c20-15-4-3-5-17(12-15)23-18(24)22-13-19(10-1-2-11-19)14-6-8-16(21)9-7-14/h3-9,12H,1-2,10-11,13H2,(H2,22,23,24). The average molecular weight is 407 g/mol. The van der Waals surface area contributed by atoms with E-state index in [0.29, 0.717) is 5.11 Å². The molecule has 2 aromatic rings. The molecule has 0 amide bonds. The number of halogens is 2. The zero-order chi connectivity index (χ0) is 17.0. The minimum Gasteiger partial charge on any atom is -0.362 e. The molecule has 3 rings (SSSR count). The van der Waals surface area contributed by atoms with Gasteiger partial charge in [0.05, 0.1) is 0 Å². The number of hydrogen-bond donors (Lipinski definition) is 2. The summed E-state index contributed by atoms with van der Waals surface area (Å²) in [6, 6.07) is 14.8. The Hall–Kier alpha value is -1.46. The molecule has 2 nitrogen and oxygen atoms in total. The van der Waals surface area contributed by atoms with Gasteiger partial charge in [0.25, 0.3) is 0 Å². The minimum absolute atomic E-state index is 0.0384. The Bertz CT molecular complexity index is 712. The average Bonchev–Trinajstić information content (AvgIpc) is 3.04. The van der Waals surface area contributed by atoms with Crippen LogP contribution in [0.2, 0.25) is 0 Å². The van der Waals surface area contributed by atoms with Gasteiger partial charge in [-0.25, -0.2) is 4.39 Å². The second-order valence-electron chi connectivity index (χ2n) is 6.31. The molecule has 1 saturated carbocycles. The van der Waals surface area contributed by atoms with Crippen LogP contribution < -0.4 is 10.6 Å². The van der Waals surface area contributed by atoms with Crippen LogP contribution in [0.3, 0.4) is 0 Å². The van der Waals surface area contributed by atoms with E-state index in [9.17, 15) is 4.39 Å². The number of hydrogen-bond acceptors (Lipinski definition) is 1. The molecule has 0 atom stereocenters. The van der Waals surface area contributed by atoms with E-state index < -0.39 is 0 Å². The fraction of sp³-hybridized carbons (Fsp3) is 0.316. The molecular formula is C19H20BrFN2S. The molecule has 0 radical (unpaired) electrons. The van der Waals surface area contributed by atoms with Gasteiger partial charge in [-0.2, -0.15) is 0 Å². The predicted molar refractivity (Wildman–Crippen MR) is 105 cm³/mol. The highest BCUT2D eigenvalue weighted by molar-refractivity contribution is 9.10. The van der Waals surface area contributed by atoms with E-state index in [2.05, 4.69) is 26.6 Å². The largest absolute Gasteiger partial charge is 0.362 e. The van der Waals surface area contributed by atoms with Gasteiger partial charge in [-0.15, -0.1) is 0 Å². The number of nitrogens with one attached hydrogen (secondary N) is 2. The Kier molecular flexibility index (Phi) is 5.51. The van der Waals surface area contributed by atoms with Crippen molar-refractivity contribution in [3.63, 3.8) is 0 Å². The fourth-order valence-electron chi connectivity index (χ4n) is 3.41. The van der Waals surface area contributed by atoms with E-state index in [0.717, 1.165) is 29.5 Å². The van der Waals surface area contributed by atoms with Crippen LogP contribution in [0.25, 0.3) is 0 Å². The second kappa shape index (κ2) is 7.62. The van der Waals surface area contributed by atoms with Crippen molar-refractivity contribution in [1.82, 2.24) is 5.32 Å². The summed E-state index contributed by atoms with van der Waals surface area (Å²) in [5, 5.41) is 7.19. The zero-order valence-corrected chi connectivity index (χ0v) is 15.7. The summed E-state index contributed by atoms with van der Waals surface area (Å²) in [7, 11) is 0. The third-order valence-corrected chi connectivity index (χ3v) is 5.43. The Labute approximate surface area is 156 Å². The normalized spacial score (nSPS) is 15.9. The van der Waals surface area contributed by atoms with Gasteiger partial charge in [0.15, 0.2) is 5.11 Å². The molecule has 0 saturated heterocycles. The van der Waals surface area contributed by atoms with Crippen molar-refractivity contribution in [3.8, 4) is 0 Å². The molecule has 0 aromatic heterocycles. The maximum Gasteiger partial charge on any atom is 0.170 e. The quantitative estimate of drug-likeness (QED) is 0.665. The van der Waals surface area contributed by atoms with Crippen molar-refractivity contribution in [2.75, 3.05) is 11.9 Å². The highest BCUT2D eigenvalue weighted by Crippen LogP contribution is 2.40. The van der Waals surface area contributed by atoms with E-state index in [1.54, 1.807) is 12.1 Å². The molecule has 0 bridgehead atoms. The van der Waals surface area contributed by atoms with E-state index in [4.69, 9.17) is 12.2 Å². The molecule has 1 aliphatic rings. The number of anilines is 1. The maximum atomic E-state index is 13.2. The van der Waals surface area contributed by atoms with Crippen LogP contribution in [-0.2, 0) is 5.41 Å². The first-order valence-corrected chi connectivity index (χ1v) is 9.34. The van der Waals surface area contributed by atoms with Gasteiger partial charge in [0.2, 0.25) is 0 Å². The van der Waals surface area contributed by atoms with Gasteiger partial charge < -0.3 is 10.6 Å². The van der Waals surface area contributed by atoms with Gasteiger partial charge in [-0.1, -0.05) is 47.0 Å². The Morgan fingerprint density at radius 2 is 1.83 bits per heavy atom. The molecule has 0 heterocycles. The van der Waals surface area contributed by atoms with Crippen LogP contribution in [0.1, 0.15) is 31.2 Å². The molecule has 2 N–H and O–H groups in total. The summed E-state index contributed by atoms with van der Waals surface area (Å²) in [6.07, 6.45) is 4.60. The van der Waals surface area contributed by atoms with Crippen molar-refractivity contribution >= 4 is 38.9 Å². The predicted octanol–water partition coefficient (Wildman–Crippen LogP) is 5.39. The van der Waals surface area contributed by atoms with Gasteiger partial charge in [0, 0.05) is 22.1 Å². The van der Waals surface area contributed by atoms with Crippen molar-refractivity contribution in [2.24, 2.45) is 0 Å². The molecule has 1 aliphatic carbocycles. The van der Waals surface area contributed by atoms with Crippen LogP contribution in [0.4, 0.5) is 10.1 Å². The Morgan fingerprint density at radius 3 is 2.50 bits per heavy atom. The van der Waals surface area contributed by atoms with Crippen LogP contribution in [0, 0.1) is 5.82 Å². The summed E-state index contributed by atoms with van der Waals surface area (Å²) >= 11 is 8.89. The molecule has 0 spiro atoms. The molecule has 2 aromatic carbocycles. The first kappa shape index (κ1) is 17.4. The van der Waals surface area contributed by atoms with E-state index in [1.807, 2.05) is 36.4 Å². The van der Waals surface area contributed by atoms with E-state index in [-0.39, 0.29) is 11.2 Å². The first-order valence-electron chi connectivity index (χ1n) is 8.14. The Balaban J connectivity index is 1.66. The first-order chi connectivity index (χ1) is 11.6. The zero-order valence-electron chi connectivity index (χ0n) is 13.3. The summed E-state index contributed by atoms with van der Waals surface area (Å²) in [6.45, 7) is 0.762. The van der Waals surface area contributed by atoms with Crippen molar-refractivity contribution in [1.29, 1.82) is 0 Å². The summed E-state index contributed by atoms with van der Waals surface area (Å²) < 4.78 is 14.2. The number of rotatable bonds is 4. The highest BCUT2D eigenvalue weighted by atomic mass is 79.9. The lowest BCUT2D eigenvalue weighted by atomic mass is 9.79. The number of benzene rings is 2. The van der Waals surface area contributed by atoms with Crippen molar-refractivity contribution < 1.29 is 4.39 Å². The van der Waals surface area contributed by atoms with Gasteiger partial charge in [-0.3, -0.25) is 0 Å². The second-order valence-corrected chi connectivity index (χ2v) is 7.64. The Morgan fingerprint density at radius 1 is 1.12 bits per heavy atom. The molecule has 1 fully saturated rings. The molecule has 24 heavy (non-hydrogen) atoms. The van der Waals surface area contributed by atoms with Crippen molar-refractivity contribution in [2.45, 2.75) is 31.1 Å². The summed E-state index contributed by atoms with van der Waals surface area (Å²) in [5.74, 6) is -0.188. The minimum atomic E-state index is -0.188. The fourth-order valence-corrected chi connectivity index (χ4v) is 4.00. The molecule has 0 unspecified atom stereocenters. The lowest BCUT2D eigenvalue weighted by Gasteiger charge is -2.30. The smallest absolute Gasteiger partial charge is 0.170 e. The lowest BCUT2D eigenvalue weighted by Crippen LogP contribution is -2.40. The molecule has 126 valence electrons. The SMILES string of the molecule is Fc1ccc(C2(CNC(=S)Nc3cccc(Br)c3)CCCC2)cc1. The summed E-state index contributed by atoms with van der Waals surface area (Å²) in [4.78, 5) is 0. The monoisotopic (exact) mass is 406 g/mol. The number of thiocarbonyl (C=S) groups is 1. The van der Waals surface area contributed by atoms with E-state index in [1.165, 1.54) is 18.4 Å². The van der Waals surface area contributed by atoms with E-state index >= 15 is 0 Å². The lowest BCUT2D eigenvalue weighted by molar-refractivity contribution is 0.434. The summed E-state index contributed by atoms with van der Waals surface area (Å²) in [5.41, 5.74) is 2.18. The molecule has 5 heteroatoms. The van der Waals surface area contributed by atoms with Crippen LogP contribution in [-0.4, -0.2) is 11.7 Å². The third kappa shape index (κ3) is 4.14. The van der Waals surface area contributed by atoms with Gasteiger partial charge >= 0.3 is 0 Å². The van der Waals surface area contributed by atoms with Gasteiger partial charge in [-0.05, 0) is 61.0 Å². The van der Waals surface area contributed by atoms with Gasteiger partial charge in [0.1, 0.15) is 5.82 Å². The third-order valence-electron chi connectivity index (χ3n) is 4.69. The van der Waals surface area contributed by atoms with Crippen LogP contribution in [0.5, 0.6) is 0 Å². The highest BCUT2D eigenvalue weighted by Gasteiger charge is 2.35.